The number of carboxylic acids is 2. The first-order chi connectivity index (χ1) is 24.4. The number of hydrogen-bond acceptors (Lipinski definition) is 14. The molecule has 52 heavy (non-hydrogen) atoms. The maximum absolute atomic E-state index is 13.5. The number of thioether (sulfide) groups is 1. The van der Waals surface area contributed by atoms with Crippen molar-refractivity contribution in [3.63, 3.8) is 0 Å². The minimum absolute atomic E-state index is 0.0684. The van der Waals surface area contributed by atoms with Crippen LogP contribution in [0.4, 0.5) is 5.13 Å². The largest absolute Gasteiger partial charge is 0.503 e. The van der Waals surface area contributed by atoms with E-state index in [1.54, 1.807) is 0 Å². The number of nitrogen functional groups attached to an aromatic ring is 1. The standard InChI is InChI=1S/C32H37N7O11S2/c1-31(2,29(47)48)50-36-23(18-14-52-30(33)35-18)21(41)9-17-26(44)38-24(28(45)46)16(13-51-27(17)38)12-39-6-3-32(4-7-39,5-8-39)15-34-25(43)19-10-20(40)22(42)11-37(19)49/h10-11,14,17,27,49H,3-9,12-13,15H2,1-2H3,(H5-,33,34,35,42,43,45,46,47,48)/p+1/b36-23-/t17-,27-,32?,39?/m1/s1. The molecule has 0 aliphatic carbocycles. The van der Waals surface area contributed by atoms with Crippen molar-refractivity contribution in [1.29, 1.82) is 0 Å². The van der Waals surface area contributed by atoms with Crippen LogP contribution in [0.15, 0.2) is 38.9 Å². The van der Waals surface area contributed by atoms with Gasteiger partial charge >= 0.3 is 11.9 Å². The van der Waals surface area contributed by atoms with Crippen molar-refractivity contribution in [3.05, 3.63) is 50.5 Å². The van der Waals surface area contributed by atoms with Crippen molar-refractivity contribution in [2.45, 2.75) is 50.5 Å². The third kappa shape index (κ3) is 6.84. The fourth-order valence-electron chi connectivity index (χ4n) is 7.15. The lowest BCUT2D eigenvalue weighted by atomic mass is 9.70. The number of aliphatic carboxylic acids is 2. The first kappa shape index (κ1) is 36.8. The van der Waals surface area contributed by atoms with Gasteiger partial charge in [0.05, 0.1) is 37.1 Å². The van der Waals surface area contributed by atoms with E-state index in [-0.39, 0.29) is 39.8 Å². The zero-order valence-corrected chi connectivity index (χ0v) is 29.9. The third-order valence-electron chi connectivity index (χ3n) is 10.4. The first-order valence-corrected chi connectivity index (χ1v) is 18.3. The van der Waals surface area contributed by atoms with E-state index in [1.165, 1.54) is 35.9 Å². The molecule has 7 heterocycles. The lowest BCUT2D eigenvalue weighted by Gasteiger charge is -2.56. The Labute approximate surface area is 304 Å². The molecule has 2 aromatic heterocycles. The number of Topliss-reactive ketones (excluding diaryl/α,β-unsaturated/α-hetero) is 1. The van der Waals surface area contributed by atoms with Crippen LogP contribution in [-0.4, -0.2) is 124 Å². The second-order valence-corrected chi connectivity index (χ2v) is 16.2. The van der Waals surface area contributed by atoms with Gasteiger partial charge in [-0.3, -0.25) is 24.1 Å². The number of nitrogens with zero attached hydrogens (tertiary/aromatic N) is 5. The summed E-state index contributed by atoms with van der Waals surface area (Å²) in [6.07, 6.45) is 2.67. The molecular formula is C32H38N7O11S2+. The van der Waals surface area contributed by atoms with Gasteiger partial charge in [-0.25, -0.2) is 14.6 Å². The molecule has 278 valence electrons. The van der Waals surface area contributed by atoms with Gasteiger partial charge in [0, 0.05) is 60.4 Å². The Morgan fingerprint density at radius 1 is 1.17 bits per heavy atom. The van der Waals surface area contributed by atoms with E-state index in [9.17, 15) is 49.3 Å². The summed E-state index contributed by atoms with van der Waals surface area (Å²) in [5, 5.41) is 46.8. The molecule has 4 saturated heterocycles. The van der Waals surface area contributed by atoms with Crippen LogP contribution in [0.25, 0.3) is 0 Å². The Morgan fingerprint density at radius 2 is 1.85 bits per heavy atom. The lowest BCUT2D eigenvalue weighted by Crippen LogP contribution is -2.66. The van der Waals surface area contributed by atoms with Crippen LogP contribution < -0.4 is 16.5 Å². The van der Waals surface area contributed by atoms with Gasteiger partial charge in [-0.1, -0.05) is 5.16 Å². The molecule has 5 aliphatic rings. The second kappa shape index (κ2) is 13.6. The van der Waals surface area contributed by atoms with E-state index in [1.807, 2.05) is 0 Å². The number of hydrogen-bond donors (Lipinski definition) is 6. The maximum atomic E-state index is 13.5. The Morgan fingerprint density at radius 3 is 2.44 bits per heavy atom. The fourth-order valence-corrected chi connectivity index (χ4v) is 9.10. The van der Waals surface area contributed by atoms with Crippen LogP contribution in [0.3, 0.4) is 0 Å². The number of quaternary nitrogens is 1. The number of nitrogens with two attached hydrogens (primary N) is 1. The molecule has 2 atom stereocenters. The number of carbonyl (C=O) groups is 5. The summed E-state index contributed by atoms with van der Waals surface area (Å²) in [4.78, 5) is 86.3. The molecular weight excluding hydrogens is 723 g/mol. The zero-order valence-electron chi connectivity index (χ0n) is 28.2. The Balaban J connectivity index is 1.11. The number of anilines is 1. The number of β-lactam (4-membered cyclic amide) rings is 1. The summed E-state index contributed by atoms with van der Waals surface area (Å²) in [7, 11) is 0. The smallest absolute Gasteiger partial charge is 0.352 e. The number of amides is 2. The van der Waals surface area contributed by atoms with Gasteiger partial charge in [0.15, 0.2) is 22.4 Å². The maximum Gasteiger partial charge on any atom is 0.352 e. The number of thiazole rings is 1. The molecule has 2 aromatic rings. The van der Waals surface area contributed by atoms with Crippen molar-refractivity contribution >= 4 is 63.5 Å². The highest BCUT2D eigenvalue weighted by Gasteiger charge is 2.56. The highest BCUT2D eigenvalue weighted by Crippen LogP contribution is 2.48. The highest BCUT2D eigenvalue weighted by molar-refractivity contribution is 8.00. The molecule has 7 N–H and O–H groups in total. The topological polar surface area (TPSA) is 264 Å². The van der Waals surface area contributed by atoms with E-state index < -0.39 is 57.6 Å². The number of fused-ring (bicyclic) bond motifs is 4. The third-order valence-corrected chi connectivity index (χ3v) is 12.5. The van der Waals surface area contributed by atoms with Gasteiger partial charge in [-0.15, -0.1) is 23.1 Å². The molecule has 0 aromatic carbocycles. The number of ketones is 1. The number of nitrogens with one attached hydrogen (secondary N) is 1. The average molecular weight is 761 g/mol. The van der Waals surface area contributed by atoms with E-state index in [0.717, 1.165) is 62.5 Å². The Bertz CT molecular complexity index is 1960. The van der Waals surface area contributed by atoms with E-state index in [2.05, 4.69) is 15.5 Å². The average Bonchev–Trinajstić information content (AvgIpc) is 3.53. The summed E-state index contributed by atoms with van der Waals surface area (Å²) >= 11 is 2.42. The molecule has 18 nitrogen and oxygen atoms in total. The summed E-state index contributed by atoms with van der Waals surface area (Å²) in [6.45, 7) is 5.43. The Hall–Kier alpha value is -4.95. The van der Waals surface area contributed by atoms with Gasteiger partial charge in [-0.2, -0.15) is 4.73 Å². The molecule has 0 radical (unpaired) electrons. The van der Waals surface area contributed by atoms with E-state index in [0.29, 0.717) is 33.6 Å². The van der Waals surface area contributed by atoms with Crippen molar-refractivity contribution in [3.8, 4) is 5.75 Å². The highest BCUT2D eigenvalue weighted by atomic mass is 32.2. The van der Waals surface area contributed by atoms with Crippen molar-refractivity contribution < 1.29 is 53.8 Å². The van der Waals surface area contributed by atoms with Crippen LogP contribution in [0, 0.1) is 11.3 Å². The summed E-state index contributed by atoms with van der Waals surface area (Å²) in [5.41, 5.74) is 3.02. The predicted octanol–water partition coefficient (Wildman–Crippen LogP) is 0.674. The van der Waals surface area contributed by atoms with E-state index >= 15 is 0 Å². The minimum atomic E-state index is -1.76. The number of carboxylic acid groups (broad SMARTS) is 2. The van der Waals surface area contributed by atoms with Crippen LogP contribution in [0.2, 0.25) is 0 Å². The fraction of sp³-hybridized carbons (Fsp3) is 0.500. The number of piperidine rings is 3. The van der Waals surface area contributed by atoms with Crippen LogP contribution in [0.5, 0.6) is 5.75 Å². The van der Waals surface area contributed by atoms with Crippen LogP contribution >= 0.6 is 23.1 Å². The molecule has 0 unspecified atom stereocenters. The number of rotatable bonds is 13. The molecule has 20 heteroatoms. The summed E-state index contributed by atoms with van der Waals surface area (Å²) in [6, 6.07) is 0.862. The quantitative estimate of drug-likeness (QED) is 0.0539. The van der Waals surface area contributed by atoms with Gasteiger partial charge in [0.2, 0.25) is 16.9 Å². The predicted molar refractivity (Wildman–Crippen MR) is 185 cm³/mol. The molecule has 5 aliphatic heterocycles. The molecule has 7 rings (SSSR count). The minimum Gasteiger partial charge on any atom is -0.503 e. The number of carbonyl (C=O) groups excluding carboxylic acids is 3. The lowest BCUT2D eigenvalue weighted by molar-refractivity contribution is -0.941. The van der Waals surface area contributed by atoms with Crippen LogP contribution in [-0.2, 0) is 24.0 Å². The normalized spacial score (nSPS) is 25.7. The SMILES string of the molecule is CC(C)(O/N=C(\C(=O)C[C@@H]1C(=O)N2C(C(=O)O)=C(C[N+]34CCC(CNC(=O)c5cc(=O)c(O)cn5O)(CC3)CC4)CS[C@H]12)c1csc(N)n1)C(=O)O. The van der Waals surface area contributed by atoms with E-state index in [4.69, 9.17) is 10.6 Å². The molecule has 0 saturated carbocycles. The first-order valence-electron chi connectivity index (χ1n) is 16.4. The molecule has 2 amide bonds. The number of oxime groups is 1. The number of pyridine rings is 1. The second-order valence-electron chi connectivity index (χ2n) is 14.2. The van der Waals surface area contributed by atoms with Gasteiger partial charge in [-0.05, 0) is 13.8 Å². The molecule has 4 fully saturated rings. The van der Waals surface area contributed by atoms with Crippen molar-refractivity contribution in [2.75, 3.05) is 44.2 Å². The van der Waals surface area contributed by atoms with Crippen molar-refractivity contribution in [1.82, 2.24) is 19.9 Å². The monoisotopic (exact) mass is 760 g/mol. The molecule has 0 spiro atoms. The van der Waals surface area contributed by atoms with Crippen molar-refractivity contribution in [2.24, 2.45) is 16.5 Å². The molecule has 2 bridgehead atoms. The summed E-state index contributed by atoms with van der Waals surface area (Å²) in [5.74, 6) is -5.54. The number of aromatic hydroxyl groups is 1. The Kier molecular flexibility index (Phi) is 9.60. The van der Waals surface area contributed by atoms with Gasteiger partial charge < -0.3 is 40.9 Å². The van der Waals surface area contributed by atoms with Gasteiger partial charge in [0.25, 0.3) is 5.91 Å². The number of aromatic nitrogens is 2. The summed E-state index contributed by atoms with van der Waals surface area (Å²) < 4.78 is 1.04. The van der Waals surface area contributed by atoms with Gasteiger partial charge in [0.1, 0.15) is 23.6 Å². The van der Waals surface area contributed by atoms with Crippen LogP contribution in [0.1, 0.15) is 55.7 Å². The zero-order chi connectivity index (χ0) is 37.7.